The largest absolute Gasteiger partial charge is 0.508 e. The maximum Gasteiger partial charge on any atom is 0.122 e. The van der Waals surface area contributed by atoms with Crippen molar-refractivity contribution in [3.05, 3.63) is 87.5 Å². The van der Waals surface area contributed by atoms with Gasteiger partial charge in [0, 0.05) is 12.8 Å². The van der Waals surface area contributed by atoms with Crippen LogP contribution in [0.25, 0.3) is 0 Å². The molecule has 3 nitrogen and oxygen atoms in total. The number of rotatable bonds is 10. The van der Waals surface area contributed by atoms with Crippen LogP contribution in [-0.4, -0.2) is 15.3 Å². The zero-order chi connectivity index (χ0) is 31.0. The van der Waals surface area contributed by atoms with Gasteiger partial charge in [0.2, 0.25) is 0 Å². The molecular weight excluding hydrogens is 504 g/mol. The van der Waals surface area contributed by atoms with Crippen molar-refractivity contribution in [2.75, 3.05) is 0 Å². The Hall–Kier alpha value is -2.94. The van der Waals surface area contributed by atoms with E-state index < -0.39 is 0 Å². The number of phenolic OH excluding ortho intramolecular Hbond substituents is 3. The highest BCUT2D eigenvalue weighted by molar-refractivity contribution is 5.53. The third kappa shape index (κ3) is 7.67. The molecule has 0 unspecified atom stereocenters. The molecule has 0 heterocycles. The molecule has 3 rings (SSSR count). The van der Waals surface area contributed by atoms with E-state index in [2.05, 4.69) is 100 Å². The van der Waals surface area contributed by atoms with Crippen molar-refractivity contribution in [3.8, 4) is 17.2 Å². The summed E-state index contributed by atoms with van der Waals surface area (Å²) in [5.41, 5.74) is 6.68. The zero-order valence-electron chi connectivity index (χ0n) is 27.5. The highest BCUT2D eigenvalue weighted by Gasteiger charge is 2.30. The number of hydrogen-bond acceptors (Lipinski definition) is 3. The average molecular weight is 559 g/mol. The lowest BCUT2D eigenvalue weighted by Crippen LogP contribution is -2.25. The highest BCUT2D eigenvalue weighted by atomic mass is 16.3. The van der Waals surface area contributed by atoms with Gasteiger partial charge in [0.25, 0.3) is 0 Å². The van der Waals surface area contributed by atoms with Gasteiger partial charge in [-0.1, -0.05) is 113 Å². The molecule has 0 bridgehead atoms. The van der Waals surface area contributed by atoms with Gasteiger partial charge in [0.15, 0.2) is 0 Å². The van der Waals surface area contributed by atoms with Crippen LogP contribution in [0.2, 0.25) is 0 Å². The van der Waals surface area contributed by atoms with Gasteiger partial charge in [0.05, 0.1) is 0 Å². The topological polar surface area (TPSA) is 60.7 Å². The van der Waals surface area contributed by atoms with Crippen LogP contribution in [0.5, 0.6) is 17.2 Å². The fourth-order valence-corrected chi connectivity index (χ4v) is 5.96. The Kier molecular flexibility index (Phi) is 9.33. The van der Waals surface area contributed by atoms with Crippen molar-refractivity contribution in [1.82, 2.24) is 0 Å². The van der Waals surface area contributed by atoms with Crippen molar-refractivity contribution in [2.24, 2.45) is 5.41 Å². The molecule has 0 atom stereocenters. The van der Waals surface area contributed by atoms with E-state index in [0.717, 1.165) is 47.1 Å². The number of phenols is 3. The molecule has 0 fully saturated rings. The van der Waals surface area contributed by atoms with Crippen LogP contribution < -0.4 is 0 Å². The Morgan fingerprint density at radius 1 is 0.488 bits per heavy atom. The number of benzene rings is 3. The van der Waals surface area contributed by atoms with Crippen LogP contribution in [0.15, 0.2) is 48.5 Å². The maximum absolute atomic E-state index is 11.7. The lowest BCUT2D eigenvalue weighted by molar-refractivity contribution is 0.283. The van der Waals surface area contributed by atoms with E-state index in [0.29, 0.717) is 12.8 Å². The van der Waals surface area contributed by atoms with Crippen molar-refractivity contribution in [2.45, 2.75) is 125 Å². The first-order valence-electron chi connectivity index (χ1n) is 15.3. The predicted octanol–water partition coefficient (Wildman–Crippen LogP) is 10.1. The van der Waals surface area contributed by atoms with Gasteiger partial charge < -0.3 is 15.3 Å². The molecule has 3 heteroatoms. The minimum atomic E-state index is -0.141. The van der Waals surface area contributed by atoms with Crippen LogP contribution >= 0.6 is 0 Å². The summed E-state index contributed by atoms with van der Waals surface area (Å²) < 4.78 is 0. The van der Waals surface area contributed by atoms with Gasteiger partial charge >= 0.3 is 0 Å². The molecule has 0 saturated heterocycles. The first-order chi connectivity index (χ1) is 18.8. The summed E-state index contributed by atoms with van der Waals surface area (Å²) in [6.07, 6.45) is 3.79. The monoisotopic (exact) mass is 558 g/mol. The Balaban J connectivity index is 2.18. The SMILES string of the molecule is CCC(C)(C)c1ccc(O)c(Cc2cc(C(C)(C)CC(C)(C)C)cc(Cc3cc(C(C)(C)CC)ccc3O)c2O)c1. The normalized spacial score (nSPS) is 13.0. The molecule has 3 aromatic carbocycles. The highest BCUT2D eigenvalue weighted by Crippen LogP contribution is 2.41. The molecule has 0 radical (unpaired) electrons. The summed E-state index contributed by atoms with van der Waals surface area (Å²) in [7, 11) is 0. The molecule has 41 heavy (non-hydrogen) atoms. The third-order valence-electron chi connectivity index (χ3n) is 9.27. The number of aromatic hydroxyl groups is 3. The van der Waals surface area contributed by atoms with Gasteiger partial charge in [-0.05, 0) is 92.0 Å². The van der Waals surface area contributed by atoms with Crippen molar-refractivity contribution in [3.63, 3.8) is 0 Å². The Morgan fingerprint density at radius 3 is 1.20 bits per heavy atom. The molecule has 0 aromatic heterocycles. The quantitative estimate of drug-likeness (QED) is 0.232. The fraction of sp³-hybridized carbons (Fsp3) is 0.526. The van der Waals surface area contributed by atoms with Crippen molar-refractivity contribution >= 4 is 0 Å². The van der Waals surface area contributed by atoms with E-state index in [1.165, 1.54) is 11.1 Å². The van der Waals surface area contributed by atoms with E-state index in [4.69, 9.17) is 0 Å². The number of hydrogen-bond donors (Lipinski definition) is 3. The summed E-state index contributed by atoms with van der Waals surface area (Å²) in [6, 6.07) is 16.0. The van der Waals surface area contributed by atoms with Crippen molar-refractivity contribution < 1.29 is 15.3 Å². The third-order valence-corrected chi connectivity index (χ3v) is 9.27. The molecule has 0 aliphatic heterocycles. The van der Waals surface area contributed by atoms with E-state index in [1.807, 2.05) is 12.1 Å². The van der Waals surface area contributed by atoms with Crippen molar-refractivity contribution in [1.29, 1.82) is 0 Å². The Bertz CT molecular complexity index is 1280. The van der Waals surface area contributed by atoms with Gasteiger partial charge in [-0.25, -0.2) is 0 Å². The van der Waals surface area contributed by atoms with Crippen LogP contribution in [-0.2, 0) is 29.1 Å². The molecule has 0 amide bonds. The molecule has 3 N–H and O–H groups in total. The summed E-state index contributed by atoms with van der Waals surface area (Å²) in [5, 5.41) is 33.4. The second kappa shape index (κ2) is 11.7. The summed E-state index contributed by atoms with van der Waals surface area (Å²) in [4.78, 5) is 0. The fourth-order valence-electron chi connectivity index (χ4n) is 5.96. The lowest BCUT2D eigenvalue weighted by atomic mass is 9.71. The van der Waals surface area contributed by atoms with Gasteiger partial charge in [-0.15, -0.1) is 0 Å². The first-order valence-corrected chi connectivity index (χ1v) is 15.3. The Labute approximate surface area is 249 Å². The smallest absolute Gasteiger partial charge is 0.122 e. The molecule has 0 aliphatic rings. The van der Waals surface area contributed by atoms with Gasteiger partial charge in [0.1, 0.15) is 17.2 Å². The second-order valence-electron chi connectivity index (χ2n) is 15.3. The van der Waals surface area contributed by atoms with E-state index in [9.17, 15) is 15.3 Å². The first kappa shape index (κ1) is 32.6. The predicted molar refractivity (Wildman–Crippen MR) is 174 cm³/mol. The molecular formula is C38H54O3. The summed E-state index contributed by atoms with van der Waals surface area (Å²) in [5.74, 6) is 0.723. The standard InChI is InChI=1S/C38H54O3/c1-12-36(6,7)29-14-16-32(39)25(20-29)18-27-22-31(38(10,11)24-35(3,4)5)23-28(34(27)41)19-26-21-30(15-17-33(26)40)37(8,9)13-2/h14-17,20-23,39-41H,12-13,18-19,24H2,1-11H3. The zero-order valence-corrected chi connectivity index (χ0v) is 27.5. The lowest BCUT2D eigenvalue weighted by Gasteiger charge is -2.34. The Morgan fingerprint density at radius 2 is 0.854 bits per heavy atom. The minimum Gasteiger partial charge on any atom is -0.508 e. The minimum absolute atomic E-state index is 0.0129. The molecule has 224 valence electrons. The van der Waals surface area contributed by atoms with Crippen LogP contribution in [0.4, 0.5) is 0 Å². The van der Waals surface area contributed by atoms with E-state index in [-0.39, 0.29) is 38.9 Å². The van der Waals surface area contributed by atoms with Crippen LogP contribution in [0.1, 0.15) is 134 Å². The summed E-state index contributed by atoms with van der Waals surface area (Å²) in [6.45, 7) is 24.5. The van der Waals surface area contributed by atoms with Gasteiger partial charge in [-0.3, -0.25) is 0 Å². The van der Waals surface area contributed by atoms with Gasteiger partial charge in [-0.2, -0.15) is 0 Å². The van der Waals surface area contributed by atoms with E-state index >= 15 is 0 Å². The van der Waals surface area contributed by atoms with Crippen LogP contribution in [0.3, 0.4) is 0 Å². The molecule has 0 saturated carbocycles. The summed E-state index contributed by atoms with van der Waals surface area (Å²) >= 11 is 0. The van der Waals surface area contributed by atoms with E-state index in [1.54, 1.807) is 12.1 Å². The molecule has 3 aromatic rings. The second-order valence-corrected chi connectivity index (χ2v) is 15.3. The van der Waals surface area contributed by atoms with Crippen LogP contribution in [0, 0.1) is 5.41 Å². The molecule has 0 aliphatic carbocycles. The maximum atomic E-state index is 11.7. The average Bonchev–Trinajstić information content (AvgIpc) is 2.86. The molecule has 0 spiro atoms.